The van der Waals surface area contributed by atoms with Crippen molar-refractivity contribution < 1.29 is 19.7 Å². The van der Waals surface area contributed by atoms with E-state index in [0.29, 0.717) is 17.7 Å². The summed E-state index contributed by atoms with van der Waals surface area (Å²) in [6.45, 7) is 1.80. The summed E-state index contributed by atoms with van der Waals surface area (Å²) in [5.74, 6) is 0.190. The van der Waals surface area contributed by atoms with E-state index in [4.69, 9.17) is 4.74 Å². The van der Waals surface area contributed by atoms with Crippen molar-refractivity contribution in [2.75, 3.05) is 25.7 Å². The highest BCUT2D eigenvalue weighted by Crippen LogP contribution is 2.39. The van der Waals surface area contributed by atoms with E-state index in [9.17, 15) is 15.0 Å². The second-order valence-corrected chi connectivity index (χ2v) is 7.01. The summed E-state index contributed by atoms with van der Waals surface area (Å²) in [5.41, 5.74) is 3.24. The molecule has 0 bridgehead atoms. The van der Waals surface area contributed by atoms with Crippen molar-refractivity contribution in [3.8, 4) is 11.5 Å². The lowest BCUT2D eigenvalue weighted by Gasteiger charge is -2.34. The number of anilines is 1. The van der Waals surface area contributed by atoms with Gasteiger partial charge in [0.1, 0.15) is 0 Å². The van der Waals surface area contributed by atoms with Gasteiger partial charge in [0.2, 0.25) is 5.91 Å². The molecule has 148 valence electrons. The zero-order valence-electron chi connectivity index (χ0n) is 16.3. The molecule has 3 rings (SSSR count). The largest absolute Gasteiger partial charge is 0.504 e. The highest BCUT2D eigenvalue weighted by molar-refractivity contribution is 6.02. The summed E-state index contributed by atoms with van der Waals surface area (Å²) in [5, 5.41) is 22.7. The van der Waals surface area contributed by atoms with Gasteiger partial charge in [-0.25, -0.2) is 0 Å². The van der Waals surface area contributed by atoms with Gasteiger partial charge in [-0.05, 0) is 31.1 Å². The molecule has 1 aliphatic heterocycles. The number of benzene rings is 2. The number of hydrogen-bond acceptors (Lipinski definition) is 5. The number of ether oxygens (including phenoxy) is 1. The minimum Gasteiger partial charge on any atom is -0.504 e. The number of aromatic hydroxyl groups is 1. The minimum absolute atomic E-state index is 0.0255. The third-order valence-corrected chi connectivity index (χ3v) is 5.19. The molecule has 1 heterocycles. The Balaban J connectivity index is 1.83. The van der Waals surface area contributed by atoms with Crippen LogP contribution in [0.1, 0.15) is 18.1 Å². The third-order valence-electron chi connectivity index (χ3n) is 5.19. The Hall–Kier alpha value is -2.99. The highest BCUT2D eigenvalue weighted by atomic mass is 16.5. The monoisotopic (exact) mass is 382 g/mol. The van der Waals surface area contributed by atoms with Crippen molar-refractivity contribution in [1.29, 1.82) is 0 Å². The van der Waals surface area contributed by atoms with Crippen LogP contribution >= 0.6 is 0 Å². The van der Waals surface area contributed by atoms with Crippen molar-refractivity contribution in [3.05, 3.63) is 59.2 Å². The number of nitrogens with one attached hydrogen (secondary N) is 1. The molecule has 1 aliphatic rings. The van der Waals surface area contributed by atoms with Crippen LogP contribution in [-0.4, -0.2) is 49.0 Å². The number of phenols is 1. The fraction of sp³-hybridized carbons (Fsp3) is 0.318. The van der Waals surface area contributed by atoms with Crippen molar-refractivity contribution in [1.82, 2.24) is 5.32 Å². The molecule has 0 aliphatic carbocycles. The molecular formula is C22H26N2O4. The van der Waals surface area contributed by atoms with E-state index >= 15 is 0 Å². The topological polar surface area (TPSA) is 82.0 Å². The van der Waals surface area contributed by atoms with Crippen molar-refractivity contribution >= 4 is 17.7 Å². The molecule has 0 fully saturated rings. The molecule has 0 saturated carbocycles. The van der Waals surface area contributed by atoms with Crippen LogP contribution in [0.3, 0.4) is 0 Å². The predicted molar refractivity (Wildman–Crippen MR) is 110 cm³/mol. The van der Waals surface area contributed by atoms with Crippen LogP contribution < -0.4 is 15.0 Å². The van der Waals surface area contributed by atoms with Gasteiger partial charge in [0.05, 0.1) is 25.8 Å². The summed E-state index contributed by atoms with van der Waals surface area (Å²) in [7, 11) is 3.40. The van der Waals surface area contributed by atoms with Gasteiger partial charge >= 0.3 is 0 Å². The van der Waals surface area contributed by atoms with Crippen LogP contribution in [0.25, 0.3) is 6.08 Å². The van der Waals surface area contributed by atoms with E-state index in [1.807, 2.05) is 49.2 Å². The smallest absolute Gasteiger partial charge is 0.249 e. The standard InChI is InChI=1S/C22H26N2O4/c1-14-18(10-16-11-20(26)21(28-3)12-19(16)24(14)2)22(27)23-17(13-25)9-15-7-5-4-6-8-15/h4-8,10-12,14,17,25-26H,9,13H2,1-3H3,(H,23,27)/t14?,17-/m0/s1. The zero-order chi connectivity index (χ0) is 20.3. The first kappa shape index (κ1) is 19.8. The number of likely N-dealkylation sites (N-methyl/N-ethyl adjacent to an activating group) is 1. The summed E-state index contributed by atoms with van der Waals surface area (Å²) in [4.78, 5) is 14.9. The normalized spacial score (nSPS) is 16.8. The van der Waals surface area contributed by atoms with Gasteiger partial charge in [-0.2, -0.15) is 0 Å². The average Bonchev–Trinajstić information content (AvgIpc) is 2.70. The Morgan fingerprint density at radius 3 is 2.64 bits per heavy atom. The van der Waals surface area contributed by atoms with Crippen LogP contribution in [0.2, 0.25) is 0 Å². The number of methoxy groups -OCH3 is 1. The quantitative estimate of drug-likeness (QED) is 0.714. The third kappa shape index (κ3) is 3.97. The zero-order valence-corrected chi connectivity index (χ0v) is 16.3. The van der Waals surface area contributed by atoms with Gasteiger partial charge in [0.25, 0.3) is 0 Å². The van der Waals surface area contributed by atoms with Crippen LogP contribution in [-0.2, 0) is 11.2 Å². The Morgan fingerprint density at radius 2 is 2.00 bits per heavy atom. The molecule has 0 radical (unpaired) electrons. The van der Waals surface area contributed by atoms with Crippen molar-refractivity contribution in [2.45, 2.75) is 25.4 Å². The average molecular weight is 382 g/mol. The number of carbonyl (C=O) groups excluding carboxylic acids is 1. The summed E-state index contributed by atoms with van der Waals surface area (Å²) in [6.07, 6.45) is 2.33. The maximum Gasteiger partial charge on any atom is 0.249 e. The predicted octanol–water partition coefficient (Wildman–Crippen LogP) is 2.34. The first-order chi connectivity index (χ1) is 13.4. The van der Waals surface area contributed by atoms with Crippen molar-refractivity contribution in [3.63, 3.8) is 0 Å². The Morgan fingerprint density at radius 1 is 1.29 bits per heavy atom. The van der Waals surface area contributed by atoms with Crippen LogP contribution in [0.5, 0.6) is 11.5 Å². The molecule has 1 amide bonds. The Bertz CT molecular complexity index is 880. The van der Waals surface area contributed by atoms with Gasteiger partial charge in [-0.1, -0.05) is 30.3 Å². The number of phenolic OH excluding ortho intramolecular Hbond substituents is 1. The Labute approximate surface area is 165 Å². The number of aliphatic hydroxyl groups excluding tert-OH is 1. The summed E-state index contributed by atoms with van der Waals surface area (Å²) >= 11 is 0. The SMILES string of the molecule is COc1cc2c(cc1O)C=C(C(=O)N[C@H](CO)Cc1ccccc1)C(C)N2C. The lowest BCUT2D eigenvalue weighted by Crippen LogP contribution is -2.45. The fourth-order valence-corrected chi connectivity index (χ4v) is 3.45. The van der Waals surface area contributed by atoms with E-state index in [0.717, 1.165) is 16.8 Å². The number of hydrogen-bond donors (Lipinski definition) is 3. The van der Waals surface area contributed by atoms with Gasteiger partial charge in [0.15, 0.2) is 11.5 Å². The highest BCUT2D eigenvalue weighted by Gasteiger charge is 2.29. The summed E-state index contributed by atoms with van der Waals surface area (Å²) in [6, 6.07) is 12.6. The van der Waals surface area contributed by atoms with Gasteiger partial charge < -0.3 is 25.2 Å². The maximum absolute atomic E-state index is 12.9. The second-order valence-electron chi connectivity index (χ2n) is 7.01. The van der Waals surface area contributed by atoms with Crippen LogP contribution in [0.4, 0.5) is 5.69 Å². The lowest BCUT2D eigenvalue weighted by molar-refractivity contribution is -0.118. The van der Waals surface area contributed by atoms with Crippen LogP contribution in [0.15, 0.2) is 48.0 Å². The molecule has 6 nitrogen and oxygen atoms in total. The number of amides is 1. The molecule has 3 N–H and O–H groups in total. The molecule has 2 aromatic carbocycles. The number of fused-ring (bicyclic) bond motifs is 1. The van der Waals surface area contributed by atoms with Gasteiger partial charge in [0, 0.05) is 29.9 Å². The number of aliphatic hydroxyl groups is 1. The second kappa shape index (κ2) is 8.35. The Kier molecular flexibility index (Phi) is 5.90. The molecule has 2 aromatic rings. The summed E-state index contributed by atoms with van der Waals surface area (Å²) < 4.78 is 5.19. The van der Waals surface area contributed by atoms with E-state index in [2.05, 4.69) is 5.32 Å². The first-order valence-electron chi connectivity index (χ1n) is 9.25. The lowest BCUT2D eigenvalue weighted by atomic mass is 9.95. The molecule has 0 spiro atoms. The fourth-order valence-electron chi connectivity index (χ4n) is 3.45. The number of carbonyl (C=O) groups is 1. The molecule has 0 saturated heterocycles. The van der Waals surface area contributed by atoms with E-state index in [-0.39, 0.29) is 30.3 Å². The van der Waals surface area contributed by atoms with Crippen molar-refractivity contribution in [2.24, 2.45) is 0 Å². The van der Waals surface area contributed by atoms with E-state index in [1.54, 1.807) is 18.2 Å². The van der Waals surface area contributed by atoms with Crippen LogP contribution in [0, 0.1) is 0 Å². The first-order valence-corrected chi connectivity index (χ1v) is 9.25. The molecule has 28 heavy (non-hydrogen) atoms. The minimum atomic E-state index is -0.376. The maximum atomic E-state index is 12.9. The number of nitrogens with zero attached hydrogens (tertiary/aromatic N) is 1. The van der Waals surface area contributed by atoms with Gasteiger partial charge in [-0.3, -0.25) is 4.79 Å². The molecule has 2 atom stereocenters. The molecule has 0 aromatic heterocycles. The van der Waals surface area contributed by atoms with E-state index < -0.39 is 0 Å². The number of rotatable bonds is 6. The molecule has 6 heteroatoms. The van der Waals surface area contributed by atoms with Gasteiger partial charge in [-0.15, -0.1) is 0 Å². The molecular weight excluding hydrogens is 356 g/mol. The van der Waals surface area contributed by atoms with E-state index in [1.165, 1.54) is 7.11 Å². The molecule has 1 unspecified atom stereocenters.